The van der Waals surface area contributed by atoms with Gasteiger partial charge < -0.3 is 0 Å². The topological polar surface area (TPSA) is 21.1 Å². The molecule has 3 nitrogen and oxygen atoms in total. The highest BCUT2D eigenvalue weighted by molar-refractivity contribution is 6.18. The fourth-order valence-electron chi connectivity index (χ4n) is 1.51. The Bertz CT molecular complexity index is 338. The van der Waals surface area contributed by atoms with E-state index in [1.54, 1.807) is 17.1 Å². The molecule has 1 aromatic rings. The number of hydrogen-bond donors (Lipinski definition) is 0. The van der Waals surface area contributed by atoms with Gasteiger partial charge >= 0.3 is 6.18 Å². The van der Waals surface area contributed by atoms with Crippen LogP contribution in [0.5, 0.6) is 0 Å². The maximum absolute atomic E-state index is 12.3. The molecule has 0 aromatic carbocycles. The van der Waals surface area contributed by atoms with Crippen LogP contribution in [0.25, 0.3) is 0 Å². The number of nitrogens with zero attached hydrogens (tertiary/aromatic N) is 3. The van der Waals surface area contributed by atoms with Crippen LogP contribution in [-0.4, -0.2) is 39.8 Å². The highest BCUT2D eigenvalue weighted by Crippen LogP contribution is 2.18. The molecule has 0 aliphatic carbocycles. The summed E-state index contributed by atoms with van der Waals surface area (Å²) in [6, 6.07) is 0. The van der Waals surface area contributed by atoms with Crippen LogP contribution in [0.1, 0.15) is 12.5 Å². The molecule has 0 spiro atoms. The highest BCUT2D eigenvalue weighted by Gasteiger charge is 2.30. The fraction of sp³-hybridized carbons (Fsp3) is 0.700. The van der Waals surface area contributed by atoms with E-state index in [0.717, 1.165) is 5.56 Å². The lowest BCUT2D eigenvalue weighted by Crippen LogP contribution is -2.35. The van der Waals surface area contributed by atoms with Gasteiger partial charge in [-0.1, -0.05) is 0 Å². The fourth-order valence-corrected chi connectivity index (χ4v) is 1.75. The van der Waals surface area contributed by atoms with E-state index in [1.165, 1.54) is 4.90 Å². The van der Waals surface area contributed by atoms with Gasteiger partial charge in [0.15, 0.2) is 0 Å². The normalized spacial score (nSPS) is 12.4. The second-order valence-corrected chi connectivity index (χ2v) is 4.10. The molecule has 0 N–H and O–H groups in total. The Morgan fingerprint density at radius 1 is 1.47 bits per heavy atom. The molecule has 17 heavy (non-hydrogen) atoms. The molecule has 0 saturated heterocycles. The summed E-state index contributed by atoms with van der Waals surface area (Å²) in [5.74, 6) is 0.179. The zero-order chi connectivity index (χ0) is 12.9. The molecule has 0 fully saturated rings. The van der Waals surface area contributed by atoms with Crippen molar-refractivity contribution in [1.29, 1.82) is 0 Å². The molecule has 0 bridgehead atoms. The lowest BCUT2D eigenvalue weighted by Gasteiger charge is -2.21. The molecule has 0 saturated carbocycles. The van der Waals surface area contributed by atoms with E-state index in [9.17, 15) is 13.2 Å². The Hall–Kier alpha value is -0.750. The minimum absolute atomic E-state index is 0.179. The van der Waals surface area contributed by atoms with E-state index in [1.807, 2.05) is 6.92 Å². The SMILES string of the molecule is CCn1cc(CN(CCCl)CC(F)(F)F)cn1. The Balaban J connectivity index is 2.59. The van der Waals surface area contributed by atoms with Gasteiger partial charge in [-0.2, -0.15) is 18.3 Å². The predicted molar refractivity (Wildman–Crippen MR) is 60.0 cm³/mol. The Morgan fingerprint density at radius 2 is 2.18 bits per heavy atom. The molecule has 0 atom stereocenters. The molecule has 0 aliphatic heterocycles. The molecule has 1 rings (SSSR count). The number of hydrogen-bond acceptors (Lipinski definition) is 2. The van der Waals surface area contributed by atoms with Crippen molar-refractivity contribution in [3.8, 4) is 0 Å². The Labute approximate surface area is 103 Å². The van der Waals surface area contributed by atoms with E-state index in [-0.39, 0.29) is 19.0 Å². The van der Waals surface area contributed by atoms with Gasteiger partial charge in [0.1, 0.15) is 0 Å². The van der Waals surface area contributed by atoms with E-state index in [2.05, 4.69) is 5.10 Å². The summed E-state index contributed by atoms with van der Waals surface area (Å²) in [6.45, 7) is 2.10. The molecule has 1 heterocycles. The zero-order valence-electron chi connectivity index (χ0n) is 9.54. The molecular formula is C10H15ClF3N3. The first-order valence-electron chi connectivity index (χ1n) is 5.31. The largest absolute Gasteiger partial charge is 0.401 e. The van der Waals surface area contributed by atoms with Gasteiger partial charge in [-0.05, 0) is 6.92 Å². The lowest BCUT2D eigenvalue weighted by atomic mass is 10.3. The first-order valence-corrected chi connectivity index (χ1v) is 5.84. The van der Waals surface area contributed by atoms with Gasteiger partial charge in [-0.25, -0.2) is 0 Å². The predicted octanol–water partition coefficient (Wildman–Crippen LogP) is 2.51. The van der Waals surface area contributed by atoms with Gasteiger partial charge in [0.2, 0.25) is 0 Å². The Morgan fingerprint density at radius 3 is 2.65 bits per heavy atom. The van der Waals surface area contributed by atoms with Crippen molar-refractivity contribution >= 4 is 11.6 Å². The molecular weight excluding hydrogens is 255 g/mol. The van der Waals surface area contributed by atoms with Crippen molar-refractivity contribution in [3.05, 3.63) is 18.0 Å². The summed E-state index contributed by atoms with van der Waals surface area (Å²) < 4.78 is 38.6. The molecule has 1 aromatic heterocycles. The maximum Gasteiger partial charge on any atom is 0.401 e. The van der Waals surface area contributed by atoms with E-state index in [0.29, 0.717) is 6.54 Å². The van der Waals surface area contributed by atoms with Crippen molar-refractivity contribution in [2.45, 2.75) is 26.2 Å². The van der Waals surface area contributed by atoms with Gasteiger partial charge in [-0.15, -0.1) is 11.6 Å². The third-order valence-electron chi connectivity index (χ3n) is 2.22. The third kappa shape index (κ3) is 5.41. The maximum atomic E-state index is 12.3. The van der Waals surface area contributed by atoms with E-state index in [4.69, 9.17) is 11.6 Å². The third-order valence-corrected chi connectivity index (χ3v) is 2.39. The summed E-state index contributed by atoms with van der Waals surface area (Å²) >= 11 is 5.49. The molecule has 0 radical (unpaired) electrons. The van der Waals surface area contributed by atoms with Crippen molar-refractivity contribution in [2.75, 3.05) is 19.0 Å². The number of alkyl halides is 4. The van der Waals surface area contributed by atoms with Crippen molar-refractivity contribution in [2.24, 2.45) is 0 Å². The van der Waals surface area contributed by atoms with Crippen LogP contribution >= 0.6 is 11.6 Å². The molecule has 0 aliphatic rings. The zero-order valence-corrected chi connectivity index (χ0v) is 10.3. The van der Waals surface area contributed by atoms with Gasteiger partial charge in [-0.3, -0.25) is 9.58 Å². The van der Waals surface area contributed by atoms with Crippen LogP contribution in [0, 0.1) is 0 Å². The van der Waals surface area contributed by atoms with Crippen molar-refractivity contribution in [1.82, 2.24) is 14.7 Å². The van der Waals surface area contributed by atoms with Crippen LogP contribution in [0.2, 0.25) is 0 Å². The number of aromatic nitrogens is 2. The first kappa shape index (κ1) is 14.3. The molecule has 0 amide bonds. The summed E-state index contributed by atoms with van der Waals surface area (Å²) in [4.78, 5) is 1.27. The van der Waals surface area contributed by atoms with Crippen LogP contribution in [0.4, 0.5) is 13.2 Å². The second kappa shape index (κ2) is 6.26. The number of rotatable bonds is 6. The number of aryl methyl sites for hydroxylation is 1. The summed E-state index contributed by atoms with van der Waals surface area (Å²) in [7, 11) is 0. The first-order chi connectivity index (χ1) is 7.94. The van der Waals surface area contributed by atoms with Crippen molar-refractivity contribution in [3.63, 3.8) is 0 Å². The summed E-state index contributed by atoms with van der Waals surface area (Å²) in [5, 5.41) is 4.02. The van der Waals surface area contributed by atoms with Gasteiger partial charge in [0.05, 0.1) is 12.7 Å². The summed E-state index contributed by atoms with van der Waals surface area (Å²) in [5.41, 5.74) is 0.765. The van der Waals surface area contributed by atoms with Gasteiger partial charge in [0.25, 0.3) is 0 Å². The standard InChI is InChI=1S/C10H15ClF3N3/c1-2-17-7-9(5-15-17)6-16(4-3-11)8-10(12,13)14/h5,7H,2-4,6,8H2,1H3. The average molecular weight is 270 g/mol. The monoisotopic (exact) mass is 269 g/mol. The van der Waals surface area contributed by atoms with Crippen LogP contribution in [0.3, 0.4) is 0 Å². The summed E-state index contributed by atoms with van der Waals surface area (Å²) in [6.07, 6.45) is -0.870. The average Bonchev–Trinajstić information content (AvgIpc) is 2.63. The number of halogens is 4. The molecule has 0 unspecified atom stereocenters. The molecule has 7 heteroatoms. The second-order valence-electron chi connectivity index (χ2n) is 3.72. The van der Waals surface area contributed by atoms with Crippen molar-refractivity contribution < 1.29 is 13.2 Å². The minimum atomic E-state index is -4.20. The van der Waals surface area contributed by atoms with Gasteiger partial charge in [0, 0.05) is 37.3 Å². The van der Waals surface area contributed by atoms with Crippen LogP contribution < -0.4 is 0 Å². The van der Waals surface area contributed by atoms with E-state index >= 15 is 0 Å². The van der Waals surface area contributed by atoms with E-state index < -0.39 is 12.7 Å². The lowest BCUT2D eigenvalue weighted by molar-refractivity contribution is -0.146. The quantitative estimate of drug-likeness (QED) is 0.740. The van der Waals surface area contributed by atoms with Crippen LogP contribution in [-0.2, 0) is 13.1 Å². The van der Waals surface area contributed by atoms with Crippen LogP contribution in [0.15, 0.2) is 12.4 Å². The smallest absolute Gasteiger partial charge is 0.289 e. The minimum Gasteiger partial charge on any atom is -0.289 e. The highest BCUT2D eigenvalue weighted by atomic mass is 35.5. The Kier molecular flexibility index (Phi) is 5.27. The molecule has 98 valence electrons.